The van der Waals surface area contributed by atoms with Crippen molar-refractivity contribution in [3.63, 3.8) is 0 Å². The Morgan fingerprint density at radius 2 is 1.90 bits per heavy atom. The molecule has 41 heavy (non-hydrogen) atoms. The Morgan fingerprint density at radius 1 is 1.12 bits per heavy atom. The smallest absolute Gasteiger partial charge is 0.245 e. The summed E-state index contributed by atoms with van der Waals surface area (Å²) in [7, 11) is 0. The van der Waals surface area contributed by atoms with Crippen LogP contribution in [0.25, 0.3) is 10.9 Å². The number of piperidine rings is 3. The number of benzene rings is 2. The van der Waals surface area contributed by atoms with Crippen LogP contribution in [-0.4, -0.2) is 71.1 Å². The first-order valence-electron chi connectivity index (χ1n) is 14.0. The maximum Gasteiger partial charge on any atom is 0.245 e. The maximum atomic E-state index is 14.9. The number of amides is 1. The third-order valence-corrected chi connectivity index (χ3v) is 9.08. The van der Waals surface area contributed by atoms with Gasteiger partial charge in [0.2, 0.25) is 5.91 Å². The van der Waals surface area contributed by atoms with Crippen molar-refractivity contribution in [2.75, 3.05) is 44.6 Å². The van der Waals surface area contributed by atoms with E-state index in [1.165, 1.54) is 43.8 Å². The summed E-state index contributed by atoms with van der Waals surface area (Å²) < 4.78 is 27.8. The monoisotopic (exact) mass is 599 g/mol. The molecule has 1 saturated carbocycles. The molecule has 1 aliphatic carbocycles. The molecule has 4 fully saturated rings. The lowest BCUT2D eigenvalue weighted by Gasteiger charge is -2.52. The van der Waals surface area contributed by atoms with E-state index in [9.17, 15) is 9.18 Å². The fraction of sp³-hybridized carbons (Fsp3) is 0.433. The number of ether oxygens (including phenoxy) is 2. The highest BCUT2D eigenvalue weighted by Crippen LogP contribution is 2.45. The second-order valence-electron chi connectivity index (χ2n) is 10.9. The van der Waals surface area contributed by atoms with Crippen LogP contribution in [0.15, 0.2) is 43.2 Å². The van der Waals surface area contributed by atoms with Gasteiger partial charge in [0.05, 0.1) is 21.2 Å². The van der Waals surface area contributed by atoms with Crippen LogP contribution in [0.1, 0.15) is 25.7 Å². The van der Waals surface area contributed by atoms with E-state index in [0.717, 1.165) is 26.1 Å². The van der Waals surface area contributed by atoms with Gasteiger partial charge in [-0.15, -0.1) is 0 Å². The minimum absolute atomic E-state index is 0.0423. The van der Waals surface area contributed by atoms with Crippen LogP contribution in [0.4, 0.5) is 15.9 Å². The Balaban J connectivity index is 1.28. The minimum atomic E-state index is -0.666. The summed E-state index contributed by atoms with van der Waals surface area (Å²) in [6.07, 6.45) is 7.46. The van der Waals surface area contributed by atoms with Gasteiger partial charge < -0.3 is 19.7 Å². The first-order chi connectivity index (χ1) is 19.9. The van der Waals surface area contributed by atoms with E-state index in [-0.39, 0.29) is 39.6 Å². The number of carbonyl (C=O) groups excluding carboxylic acids is 1. The molecule has 1 N–H and O–H groups in total. The molecule has 7 rings (SSSR count). The molecule has 11 heteroatoms. The number of carbonyl (C=O) groups is 1. The van der Waals surface area contributed by atoms with Crippen LogP contribution < -0.4 is 14.8 Å². The lowest BCUT2D eigenvalue weighted by molar-refractivity contribution is -0.142. The lowest BCUT2D eigenvalue weighted by Crippen LogP contribution is -2.61. The Labute approximate surface area is 248 Å². The van der Waals surface area contributed by atoms with Crippen LogP contribution in [0.5, 0.6) is 11.5 Å². The minimum Gasteiger partial charge on any atom is -0.488 e. The first-order valence-corrected chi connectivity index (χ1v) is 14.8. The van der Waals surface area contributed by atoms with Crippen molar-refractivity contribution in [1.29, 1.82) is 0 Å². The molecule has 216 valence electrons. The molecule has 0 radical (unpaired) electrons. The molecule has 1 aromatic heterocycles. The van der Waals surface area contributed by atoms with Crippen LogP contribution in [0.3, 0.4) is 0 Å². The predicted octanol–water partition coefficient (Wildman–Crippen LogP) is 6.10. The van der Waals surface area contributed by atoms with Gasteiger partial charge >= 0.3 is 0 Å². The summed E-state index contributed by atoms with van der Waals surface area (Å²) in [5.74, 6) is 1.31. The van der Waals surface area contributed by atoms with Crippen molar-refractivity contribution in [1.82, 2.24) is 19.8 Å². The summed E-state index contributed by atoms with van der Waals surface area (Å²) in [4.78, 5) is 25.3. The number of anilines is 2. The van der Waals surface area contributed by atoms with Gasteiger partial charge in [-0.05, 0) is 56.6 Å². The average molecular weight is 601 g/mol. The summed E-state index contributed by atoms with van der Waals surface area (Å²) >= 11 is 12.0. The van der Waals surface area contributed by atoms with Crippen LogP contribution in [0.2, 0.25) is 10.0 Å². The molecule has 2 atom stereocenters. The molecule has 1 amide bonds. The topological polar surface area (TPSA) is 79.8 Å². The summed E-state index contributed by atoms with van der Waals surface area (Å²) in [5.41, 5.74) is 0.768. The van der Waals surface area contributed by atoms with E-state index < -0.39 is 5.82 Å². The largest absolute Gasteiger partial charge is 0.488 e. The van der Waals surface area contributed by atoms with E-state index >= 15 is 0 Å². The molecular weight excluding hydrogens is 568 g/mol. The molecular formula is C30H32Cl2FN5O3. The fourth-order valence-electron chi connectivity index (χ4n) is 6.08. The van der Waals surface area contributed by atoms with Gasteiger partial charge in [-0.3, -0.25) is 9.69 Å². The van der Waals surface area contributed by atoms with Crippen molar-refractivity contribution >= 4 is 51.5 Å². The molecule has 3 aromatic rings. The normalized spacial score (nSPS) is 22.2. The third kappa shape index (κ3) is 5.80. The van der Waals surface area contributed by atoms with Crippen molar-refractivity contribution in [3.8, 4) is 11.5 Å². The molecule has 4 aliphatic rings. The van der Waals surface area contributed by atoms with Crippen LogP contribution in [0, 0.1) is 17.7 Å². The summed E-state index contributed by atoms with van der Waals surface area (Å²) in [6, 6.07) is 6.74. The number of halogens is 3. The Kier molecular flexibility index (Phi) is 8.19. The fourth-order valence-corrected chi connectivity index (χ4v) is 6.39. The van der Waals surface area contributed by atoms with E-state index in [4.69, 9.17) is 32.7 Å². The number of nitrogens with one attached hydrogen (secondary N) is 1. The van der Waals surface area contributed by atoms with Crippen molar-refractivity contribution in [3.05, 3.63) is 59.1 Å². The number of hydrogen-bond acceptors (Lipinski definition) is 7. The van der Waals surface area contributed by atoms with Gasteiger partial charge in [0.25, 0.3) is 0 Å². The Hall–Kier alpha value is -3.14. The molecule has 2 unspecified atom stereocenters. The molecule has 8 nitrogen and oxygen atoms in total. The van der Waals surface area contributed by atoms with Gasteiger partial charge in [-0.1, -0.05) is 36.2 Å². The van der Waals surface area contributed by atoms with Gasteiger partial charge in [-0.25, -0.2) is 14.4 Å². The van der Waals surface area contributed by atoms with E-state index in [2.05, 4.69) is 26.8 Å². The molecule has 3 aliphatic heterocycles. The average Bonchev–Trinajstić information content (AvgIpc) is 3.00. The van der Waals surface area contributed by atoms with Crippen molar-refractivity contribution in [2.24, 2.45) is 11.8 Å². The first kappa shape index (κ1) is 28.0. The second-order valence-corrected chi connectivity index (χ2v) is 11.7. The molecule has 4 heterocycles. The molecule has 3 saturated heterocycles. The predicted molar refractivity (Wildman–Crippen MR) is 158 cm³/mol. The Bertz CT molecular complexity index is 1460. The van der Waals surface area contributed by atoms with Gasteiger partial charge in [0, 0.05) is 42.9 Å². The summed E-state index contributed by atoms with van der Waals surface area (Å²) in [6.45, 7) is 8.42. The zero-order chi connectivity index (χ0) is 28.5. The maximum absolute atomic E-state index is 14.9. The van der Waals surface area contributed by atoms with E-state index in [0.29, 0.717) is 47.9 Å². The standard InChI is InChI=1S/C30H32Cl2FN5O3/c1-2-26(39)38-15-18-12-19(16-38)29(18)41-25-13-20-23(14-24(25)40-11-10-37-8-4-3-5-9-37)34-17-35-30(20)36-22-7-6-21(31)27(32)28(22)33/h2,6-7,13-14,17-19,29H,1,3-5,8-12,15-16H2,(H,34,35,36). The zero-order valence-electron chi connectivity index (χ0n) is 22.6. The van der Waals surface area contributed by atoms with E-state index in [1.807, 2.05) is 17.0 Å². The van der Waals surface area contributed by atoms with Gasteiger partial charge in [0.1, 0.15) is 24.9 Å². The Morgan fingerprint density at radius 3 is 2.66 bits per heavy atom. The van der Waals surface area contributed by atoms with Gasteiger partial charge in [0.15, 0.2) is 17.3 Å². The molecule has 2 aromatic carbocycles. The van der Waals surface area contributed by atoms with Crippen LogP contribution >= 0.6 is 23.2 Å². The molecule has 0 spiro atoms. The highest BCUT2D eigenvalue weighted by Gasteiger charge is 2.49. The number of aromatic nitrogens is 2. The van der Waals surface area contributed by atoms with E-state index in [1.54, 1.807) is 0 Å². The number of fused-ring (bicyclic) bond motifs is 3. The number of nitrogens with zero attached hydrogens (tertiary/aromatic N) is 4. The highest BCUT2D eigenvalue weighted by molar-refractivity contribution is 6.42. The quantitative estimate of drug-likeness (QED) is 0.235. The zero-order valence-corrected chi connectivity index (χ0v) is 24.1. The number of rotatable bonds is 9. The lowest BCUT2D eigenvalue weighted by atomic mass is 9.68. The van der Waals surface area contributed by atoms with Crippen LogP contribution in [-0.2, 0) is 4.79 Å². The molecule has 2 bridgehead atoms. The number of likely N-dealkylation sites (tertiary alicyclic amines) is 1. The highest BCUT2D eigenvalue weighted by atomic mass is 35.5. The van der Waals surface area contributed by atoms with Crippen molar-refractivity contribution < 1.29 is 18.7 Å². The third-order valence-electron chi connectivity index (χ3n) is 8.30. The SMILES string of the molecule is C=CC(=O)N1CC2CC(C1)C2Oc1cc2c(Nc3ccc(Cl)c(Cl)c3F)ncnc2cc1OCCN1CCCCC1. The summed E-state index contributed by atoms with van der Waals surface area (Å²) in [5, 5.41) is 3.64. The number of hydrogen-bond donors (Lipinski definition) is 1. The van der Waals surface area contributed by atoms with Gasteiger partial charge in [-0.2, -0.15) is 0 Å². The second kappa shape index (κ2) is 12.0. The van der Waals surface area contributed by atoms with Crippen molar-refractivity contribution in [2.45, 2.75) is 31.8 Å².